The minimum Gasteiger partial charge on any atom is -0.394 e. The van der Waals surface area contributed by atoms with E-state index in [-0.39, 0.29) is 13.3 Å². The Labute approximate surface area is 83.3 Å². The van der Waals surface area contributed by atoms with Crippen molar-refractivity contribution in [3.63, 3.8) is 0 Å². The van der Waals surface area contributed by atoms with Gasteiger partial charge in [-0.2, -0.15) is 0 Å². The highest BCUT2D eigenvalue weighted by atomic mass is 16.6. The first-order valence-corrected chi connectivity index (χ1v) is 4.38. The molecule has 0 spiro atoms. The molecule has 0 aromatic heterocycles. The molecule has 0 aromatic carbocycles. The van der Waals surface area contributed by atoms with Gasteiger partial charge < -0.3 is 30.9 Å². The molecule has 1 rings (SSSR count). The molecule has 6 heteroatoms. The van der Waals surface area contributed by atoms with E-state index in [9.17, 15) is 15.3 Å². The van der Waals surface area contributed by atoms with Crippen molar-refractivity contribution in [3.05, 3.63) is 0 Å². The van der Waals surface area contributed by atoms with Crippen LogP contribution in [0.15, 0.2) is 0 Å². The molecule has 1 unspecified atom stereocenters. The van der Waals surface area contributed by atoms with Gasteiger partial charge in [0.1, 0.15) is 18.3 Å². The largest absolute Gasteiger partial charge is 0.394 e. The second kappa shape index (κ2) is 4.09. The standard InChI is InChI=1S/C8H17NO5/c1-2-8(13)7(9)6(12)5(11)4(3-10)14-8/h4-7,10-13H,2-3,9H2,1H3/t4-,5-,6+,7-,8?/m1/s1/i1D. The van der Waals surface area contributed by atoms with E-state index in [0.717, 1.165) is 0 Å². The van der Waals surface area contributed by atoms with E-state index >= 15 is 0 Å². The van der Waals surface area contributed by atoms with Gasteiger partial charge in [-0.1, -0.05) is 6.90 Å². The molecule has 5 atom stereocenters. The third-order valence-corrected chi connectivity index (χ3v) is 2.51. The normalized spacial score (nSPS) is 50.2. The van der Waals surface area contributed by atoms with Crippen molar-refractivity contribution in [1.82, 2.24) is 0 Å². The van der Waals surface area contributed by atoms with Crippen LogP contribution in [0.4, 0.5) is 0 Å². The van der Waals surface area contributed by atoms with Crippen LogP contribution in [0.5, 0.6) is 0 Å². The minimum absolute atomic E-state index is 0.0888. The lowest BCUT2D eigenvalue weighted by Crippen LogP contribution is -2.68. The van der Waals surface area contributed by atoms with Gasteiger partial charge in [0.05, 0.1) is 12.6 Å². The predicted octanol–water partition coefficient (Wildman–Crippen LogP) is -2.47. The molecule has 6 nitrogen and oxygen atoms in total. The van der Waals surface area contributed by atoms with Crippen LogP contribution in [-0.4, -0.2) is 57.2 Å². The van der Waals surface area contributed by atoms with E-state index in [2.05, 4.69) is 0 Å². The van der Waals surface area contributed by atoms with Crippen LogP contribution >= 0.6 is 0 Å². The number of nitrogens with two attached hydrogens (primary N) is 1. The summed E-state index contributed by atoms with van der Waals surface area (Å²) >= 11 is 0. The Morgan fingerprint density at radius 1 is 1.50 bits per heavy atom. The molecule has 14 heavy (non-hydrogen) atoms. The first-order chi connectivity index (χ1) is 6.96. The molecule has 1 heterocycles. The van der Waals surface area contributed by atoms with E-state index in [0.29, 0.717) is 0 Å². The third kappa shape index (κ3) is 1.77. The quantitative estimate of drug-likeness (QED) is 0.343. The SMILES string of the molecule is [2H]CCC1(O)O[C@H](CO)[C@@H](O)[C@H](O)[C@H]1N. The van der Waals surface area contributed by atoms with Crippen LogP contribution < -0.4 is 5.73 Å². The maximum Gasteiger partial charge on any atom is 0.183 e. The summed E-state index contributed by atoms with van der Waals surface area (Å²) in [5.41, 5.74) is 5.50. The third-order valence-electron chi connectivity index (χ3n) is 2.51. The highest BCUT2D eigenvalue weighted by Crippen LogP contribution is 2.28. The van der Waals surface area contributed by atoms with E-state index < -0.39 is 36.7 Å². The molecule has 1 fully saturated rings. The number of hydrogen-bond acceptors (Lipinski definition) is 6. The van der Waals surface area contributed by atoms with Gasteiger partial charge in [0.2, 0.25) is 0 Å². The van der Waals surface area contributed by atoms with Crippen LogP contribution in [0.2, 0.25) is 0 Å². The monoisotopic (exact) mass is 208 g/mol. The fraction of sp³-hybridized carbons (Fsp3) is 1.00. The summed E-state index contributed by atoms with van der Waals surface area (Å²) in [4.78, 5) is 0. The van der Waals surface area contributed by atoms with Crippen molar-refractivity contribution >= 4 is 0 Å². The Hall–Kier alpha value is -0.240. The van der Waals surface area contributed by atoms with Crippen LogP contribution in [-0.2, 0) is 4.74 Å². The second-order valence-corrected chi connectivity index (χ2v) is 3.44. The lowest BCUT2D eigenvalue weighted by atomic mass is 9.89. The van der Waals surface area contributed by atoms with E-state index in [1.54, 1.807) is 0 Å². The van der Waals surface area contributed by atoms with Crippen molar-refractivity contribution in [2.75, 3.05) is 6.61 Å². The Morgan fingerprint density at radius 2 is 2.14 bits per heavy atom. The van der Waals surface area contributed by atoms with E-state index in [1.165, 1.54) is 0 Å². The maximum absolute atomic E-state index is 9.88. The molecule has 0 radical (unpaired) electrons. The minimum atomic E-state index is -1.87. The van der Waals surface area contributed by atoms with Crippen LogP contribution in [0.1, 0.15) is 14.7 Å². The molecular weight excluding hydrogens is 190 g/mol. The zero-order valence-electron chi connectivity index (χ0n) is 8.71. The summed E-state index contributed by atoms with van der Waals surface area (Å²) in [7, 11) is 0. The Bertz CT molecular complexity index is 217. The summed E-state index contributed by atoms with van der Waals surface area (Å²) in [5, 5.41) is 37.7. The second-order valence-electron chi connectivity index (χ2n) is 3.44. The van der Waals surface area contributed by atoms with Gasteiger partial charge in [-0.3, -0.25) is 0 Å². The van der Waals surface area contributed by atoms with Gasteiger partial charge in [0, 0.05) is 7.79 Å². The van der Waals surface area contributed by atoms with Crippen molar-refractivity contribution in [3.8, 4) is 0 Å². The summed E-state index contributed by atoms with van der Waals surface area (Å²) in [6.45, 7) is -0.670. The Kier molecular flexibility index (Phi) is 3.01. The number of aliphatic hydroxyl groups excluding tert-OH is 3. The number of aliphatic hydroxyl groups is 4. The van der Waals surface area contributed by atoms with Gasteiger partial charge >= 0.3 is 0 Å². The van der Waals surface area contributed by atoms with Crippen molar-refractivity contribution in [2.24, 2.45) is 5.73 Å². The van der Waals surface area contributed by atoms with Crippen molar-refractivity contribution in [1.29, 1.82) is 0 Å². The first-order valence-electron chi connectivity index (χ1n) is 5.09. The lowest BCUT2D eigenvalue weighted by molar-refractivity contribution is -0.314. The molecule has 1 saturated heterocycles. The summed E-state index contributed by atoms with van der Waals surface area (Å²) in [6, 6.07) is -1.19. The van der Waals surface area contributed by atoms with Gasteiger partial charge in [0.25, 0.3) is 0 Å². The van der Waals surface area contributed by atoms with E-state index in [1.807, 2.05) is 0 Å². The zero-order valence-corrected chi connectivity index (χ0v) is 7.71. The zero-order chi connectivity index (χ0) is 11.6. The van der Waals surface area contributed by atoms with Gasteiger partial charge in [-0.15, -0.1) is 0 Å². The fourth-order valence-electron chi connectivity index (χ4n) is 1.48. The molecule has 0 aliphatic carbocycles. The van der Waals surface area contributed by atoms with Gasteiger partial charge in [-0.25, -0.2) is 0 Å². The molecule has 0 saturated carbocycles. The maximum atomic E-state index is 9.88. The lowest BCUT2D eigenvalue weighted by Gasteiger charge is -2.45. The number of ether oxygens (including phenoxy) is 1. The smallest absolute Gasteiger partial charge is 0.183 e. The molecule has 6 N–H and O–H groups in total. The average molecular weight is 208 g/mol. The van der Waals surface area contributed by atoms with Crippen molar-refractivity contribution < 1.29 is 26.5 Å². The number of rotatable bonds is 2. The van der Waals surface area contributed by atoms with E-state index in [4.69, 9.17) is 16.9 Å². The molecule has 84 valence electrons. The van der Waals surface area contributed by atoms with Crippen LogP contribution in [0.3, 0.4) is 0 Å². The summed E-state index contributed by atoms with van der Waals surface area (Å²) in [5.74, 6) is -1.87. The molecule has 0 amide bonds. The molecule has 0 bridgehead atoms. The number of hydrogen-bond donors (Lipinski definition) is 5. The summed E-state index contributed by atoms with van der Waals surface area (Å²) < 4.78 is 12.0. The highest BCUT2D eigenvalue weighted by Gasteiger charge is 2.50. The Morgan fingerprint density at radius 3 is 2.64 bits per heavy atom. The fourth-order valence-corrected chi connectivity index (χ4v) is 1.48. The summed E-state index contributed by atoms with van der Waals surface area (Å²) in [6.07, 6.45) is -3.89. The van der Waals surface area contributed by atoms with Crippen molar-refractivity contribution in [2.45, 2.75) is 43.5 Å². The topological polar surface area (TPSA) is 116 Å². The Balaban J connectivity index is 2.82. The predicted molar refractivity (Wildman–Crippen MR) is 47.2 cm³/mol. The first kappa shape index (κ1) is 10.3. The van der Waals surface area contributed by atoms with Gasteiger partial charge in [-0.05, 0) is 0 Å². The highest BCUT2D eigenvalue weighted by molar-refractivity contribution is 4.97. The van der Waals surface area contributed by atoms with Crippen LogP contribution in [0.25, 0.3) is 0 Å². The van der Waals surface area contributed by atoms with Gasteiger partial charge in [0.15, 0.2) is 5.79 Å². The molecule has 1 aliphatic heterocycles. The van der Waals surface area contributed by atoms with Crippen LogP contribution in [0, 0.1) is 0 Å². The molecule has 1 aliphatic rings. The molecule has 0 aromatic rings. The average Bonchev–Trinajstić information content (AvgIpc) is 2.21. The molecular formula is C8H17NO5.